The maximum atomic E-state index is 11.6. The van der Waals surface area contributed by atoms with Gasteiger partial charge < -0.3 is 16.4 Å². The highest BCUT2D eigenvalue weighted by Crippen LogP contribution is 2.25. The van der Waals surface area contributed by atoms with Crippen molar-refractivity contribution >= 4 is 34.8 Å². The van der Waals surface area contributed by atoms with E-state index < -0.39 is 0 Å². The van der Waals surface area contributed by atoms with E-state index in [0.717, 1.165) is 0 Å². The number of nitrogens with one attached hydrogen (secondary N) is 2. The van der Waals surface area contributed by atoms with Gasteiger partial charge in [0.1, 0.15) is 0 Å². The standard InChI is InChI=1S/C12H16ClN3O2/c1-7(6-14)12(18)16-11-4-3-9(5-10(11)13)15-8(2)17/h3-5,7H,6,14H2,1-2H3,(H,15,17)(H,16,18). The van der Waals surface area contributed by atoms with Crippen molar-refractivity contribution in [1.29, 1.82) is 0 Å². The number of halogens is 1. The van der Waals surface area contributed by atoms with Gasteiger partial charge in [-0.25, -0.2) is 0 Å². The number of anilines is 2. The lowest BCUT2D eigenvalue weighted by molar-refractivity contribution is -0.119. The molecule has 0 aliphatic heterocycles. The molecule has 18 heavy (non-hydrogen) atoms. The van der Waals surface area contributed by atoms with Gasteiger partial charge in [-0.15, -0.1) is 0 Å². The van der Waals surface area contributed by atoms with E-state index in [4.69, 9.17) is 17.3 Å². The average Bonchev–Trinajstić information content (AvgIpc) is 2.30. The van der Waals surface area contributed by atoms with Crippen LogP contribution in [0.25, 0.3) is 0 Å². The van der Waals surface area contributed by atoms with Crippen LogP contribution in [0.5, 0.6) is 0 Å². The first kappa shape index (κ1) is 14.5. The summed E-state index contributed by atoms with van der Waals surface area (Å²) in [6.45, 7) is 3.41. The zero-order valence-corrected chi connectivity index (χ0v) is 11.0. The molecule has 0 saturated carbocycles. The summed E-state index contributed by atoms with van der Waals surface area (Å²) in [6.07, 6.45) is 0. The molecule has 0 bridgehead atoms. The van der Waals surface area contributed by atoms with Gasteiger partial charge in [-0.3, -0.25) is 9.59 Å². The van der Waals surface area contributed by atoms with E-state index in [1.807, 2.05) is 0 Å². The maximum Gasteiger partial charge on any atom is 0.228 e. The number of nitrogens with two attached hydrogens (primary N) is 1. The van der Waals surface area contributed by atoms with Gasteiger partial charge in [0.25, 0.3) is 0 Å². The molecule has 0 aromatic heterocycles. The third-order valence-corrected chi connectivity index (χ3v) is 2.66. The van der Waals surface area contributed by atoms with Gasteiger partial charge in [0.15, 0.2) is 0 Å². The van der Waals surface area contributed by atoms with Crippen molar-refractivity contribution in [2.75, 3.05) is 17.2 Å². The first-order valence-corrected chi connectivity index (χ1v) is 5.90. The van der Waals surface area contributed by atoms with E-state index in [9.17, 15) is 9.59 Å². The molecular formula is C12H16ClN3O2. The Balaban J connectivity index is 2.79. The highest BCUT2D eigenvalue weighted by atomic mass is 35.5. The zero-order chi connectivity index (χ0) is 13.7. The predicted molar refractivity (Wildman–Crippen MR) is 72.6 cm³/mol. The molecule has 0 radical (unpaired) electrons. The zero-order valence-electron chi connectivity index (χ0n) is 10.3. The van der Waals surface area contributed by atoms with Crippen LogP contribution in [0.3, 0.4) is 0 Å². The molecule has 5 nitrogen and oxygen atoms in total. The van der Waals surface area contributed by atoms with E-state index >= 15 is 0 Å². The number of carbonyl (C=O) groups excluding carboxylic acids is 2. The Hall–Kier alpha value is -1.59. The lowest BCUT2D eigenvalue weighted by Gasteiger charge is -2.12. The number of rotatable bonds is 4. The van der Waals surface area contributed by atoms with Crippen molar-refractivity contribution < 1.29 is 9.59 Å². The van der Waals surface area contributed by atoms with Crippen molar-refractivity contribution in [3.8, 4) is 0 Å². The largest absolute Gasteiger partial charge is 0.330 e. The summed E-state index contributed by atoms with van der Waals surface area (Å²) in [7, 11) is 0. The summed E-state index contributed by atoms with van der Waals surface area (Å²) in [4.78, 5) is 22.5. The molecule has 0 aliphatic rings. The monoisotopic (exact) mass is 269 g/mol. The number of hydrogen-bond donors (Lipinski definition) is 3. The molecule has 2 amide bonds. The van der Waals surface area contributed by atoms with Crippen molar-refractivity contribution in [2.45, 2.75) is 13.8 Å². The predicted octanol–water partition coefficient (Wildman–Crippen LogP) is 1.83. The smallest absolute Gasteiger partial charge is 0.228 e. The van der Waals surface area contributed by atoms with E-state index in [1.165, 1.54) is 6.92 Å². The van der Waals surface area contributed by atoms with Gasteiger partial charge in [0.05, 0.1) is 10.7 Å². The molecule has 1 aromatic carbocycles. The Morgan fingerprint density at radius 3 is 2.56 bits per heavy atom. The second kappa shape index (κ2) is 6.37. The van der Waals surface area contributed by atoms with Crippen LogP contribution in [0.4, 0.5) is 11.4 Å². The normalized spacial score (nSPS) is 11.8. The second-order valence-corrected chi connectivity index (χ2v) is 4.41. The fourth-order valence-electron chi connectivity index (χ4n) is 1.26. The molecular weight excluding hydrogens is 254 g/mol. The highest BCUT2D eigenvalue weighted by Gasteiger charge is 2.12. The Bertz CT molecular complexity index is 463. The summed E-state index contributed by atoms with van der Waals surface area (Å²) in [5.41, 5.74) is 6.48. The van der Waals surface area contributed by atoms with Crippen molar-refractivity contribution in [2.24, 2.45) is 11.7 Å². The third kappa shape index (κ3) is 4.01. The molecule has 6 heteroatoms. The maximum absolute atomic E-state index is 11.6. The van der Waals surface area contributed by atoms with E-state index in [2.05, 4.69) is 10.6 Å². The SMILES string of the molecule is CC(=O)Nc1ccc(NC(=O)C(C)CN)c(Cl)c1. The second-order valence-electron chi connectivity index (χ2n) is 4.00. The number of benzene rings is 1. The van der Waals surface area contributed by atoms with Gasteiger partial charge in [0, 0.05) is 25.1 Å². The summed E-state index contributed by atoms with van der Waals surface area (Å²) in [5.74, 6) is -0.651. The van der Waals surface area contributed by atoms with E-state index in [-0.39, 0.29) is 24.3 Å². The van der Waals surface area contributed by atoms with Crippen LogP contribution in [0.2, 0.25) is 5.02 Å². The Morgan fingerprint density at radius 1 is 1.39 bits per heavy atom. The number of carbonyl (C=O) groups is 2. The van der Waals surface area contributed by atoms with Crippen molar-refractivity contribution in [1.82, 2.24) is 0 Å². The van der Waals surface area contributed by atoms with Gasteiger partial charge in [-0.2, -0.15) is 0 Å². The van der Waals surface area contributed by atoms with E-state index in [1.54, 1.807) is 25.1 Å². The van der Waals surface area contributed by atoms with Crippen LogP contribution in [-0.2, 0) is 9.59 Å². The molecule has 0 heterocycles. The summed E-state index contributed by atoms with van der Waals surface area (Å²) in [6, 6.07) is 4.87. The molecule has 0 spiro atoms. The quantitative estimate of drug-likeness (QED) is 0.780. The van der Waals surface area contributed by atoms with Gasteiger partial charge in [-0.05, 0) is 18.2 Å². The van der Waals surface area contributed by atoms with Crippen LogP contribution in [0, 0.1) is 5.92 Å². The number of hydrogen-bond acceptors (Lipinski definition) is 3. The highest BCUT2D eigenvalue weighted by molar-refractivity contribution is 6.34. The fraction of sp³-hybridized carbons (Fsp3) is 0.333. The fourth-order valence-corrected chi connectivity index (χ4v) is 1.49. The van der Waals surface area contributed by atoms with Crippen LogP contribution in [0.1, 0.15) is 13.8 Å². The van der Waals surface area contributed by atoms with Gasteiger partial charge in [0.2, 0.25) is 11.8 Å². The van der Waals surface area contributed by atoms with Gasteiger partial charge in [-0.1, -0.05) is 18.5 Å². The summed E-state index contributed by atoms with van der Waals surface area (Å²) in [5, 5.41) is 5.64. The van der Waals surface area contributed by atoms with Crippen LogP contribution >= 0.6 is 11.6 Å². The first-order chi connectivity index (χ1) is 8.43. The minimum absolute atomic E-state index is 0.181. The van der Waals surface area contributed by atoms with Gasteiger partial charge >= 0.3 is 0 Å². The molecule has 98 valence electrons. The first-order valence-electron chi connectivity index (χ1n) is 5.52. The topological polar surface area (TPSA) is 84.2 Å². The van der Waals surface area contributed by atoms with Crippen LogP contribution in [0.15, 0.2) is 18.2 Å². The van der Waals surface area contributed by atoms with Crippen LogP contribution in [-0.4, -0.2) is 18.4 Å². The minimum atomic E-state index is -0.281. The van der Waals surface area contributed by atoms with E-state index in [0.29, 0.717) is 16.4 Å². The Labute approximate surface area is 111 Å². The van der Waals surface area contributed by atoms with Crippen LogP contribution < -0.4 is 16.4 Å². The average molecular weight is 270 g/mol. The van der Waals surface area contributed by atoms with Crippen molar-refractivity contribution in [3.63, 3.8) is 0 Å². The lowest BCUT2D eigenvalue weighted by atomic mass is 10.1. The molecule has 0 aliphatic carbocycles. The third-order valence-electron chi connectivity index (χ3n) is 2.35. The molecule has 1 atom stereocenters. The minimum Gasteiger partial charge on any atom is -0.330 e. The molecule has 0 fully saturated rings. The Kier molecular flexibility index (Phi) is 5.12. The molecule has 4 N–H and O–H groups in total. The molecule has 0 saturated heterocycles. The molecule has 1 rings (SSSR count). The molecule has 1 unspecified atom stereocenters. The van der Waals surface area contributed by atoms with Crippen molar-refractivity contribution in [3.05, 3.63) is 23.2 Å². The molecule has 1 aromatic rings. The lowest BCUT2D eigenvalue weighted by Crippen LogP contribution is -2.26. The Morgan fingerprint density at radius 2 is 2.06 bits per heavy atom. The summed E-state index contributed by atoms with van der Waals surface area (Å²) >= 11 is 6.01. The summed E-state index contributed by atoms with van der Waals surface area (Å²) < 4.78 is 0. The number of amides is 2.